The molecule has 1 aromatic heterocycles. The third kappa shape index (κ3) is 2.10. The molecule has 0 unspecified atom stereocenters. The largest absolute Gasteiger partial charge is 0.219 e. The Labute approximate surface area is 117 Å². The molecule has 0 aliphatic carbocycles. The maximum atomic E-state index is 8.78. The summed E-state index contributed by atoms with van der Waals surface area (Å²) in [5.41, 5.74) is 0.723. The van der Waals surface area contributed by atoms with Gasteiger partial charge in [-0.25, -0.2) is 4.68 Å². The second-order valence-corrected chi connectivity index (χ2v) is 4.59. The number of hydrogen-bond acceptors (Lipinski definition) is 2. The molecule has 86 valence electrons. The van der Waals surface area contributed by atoms with Crippen LogP contribution in [-0.2, 0) is 0 Å². The molecule has 0 bridgehead atoms. The van der Waals surface area contributed by atoms with Crippen LogP contribution in [0.5, 0.6) is 0 Å². The van der Waals surface area contributed by atoms with E-state index >= 15 is 0 Å². The number of benzene rings is 1. The Morgan fingerprint density at radius 2 is 1.82 bits per heavy atom. The van der Waals surface area contributed by atoms with Crippen LogP contribution in [0.2, 0.25) is 20.2 Å². The molecule has 1 heterocycles. The maximum absolute atomic E-state index is 8.78. The predicted molar refractivity (Wildman–Crippen MR) is 68.3 cm³/mol. The Morgan fingerprint density at radius 3 is 2.41 bits per heavy atom. The average molecular weight is 307 g/mol. The number of nitrogens with zero attached hydrogens (tertiary/aromatic N) is 3. The van der Waals surface area contributed by atoms with Gasteiger partial charge in [-0.3, -0.25) is 0 Å². The zero-order chi connectivity index (χ0) is 12.6. The van der Waals surface area contributed by atoms with Crippen LogP contribution in [0.3, 0.4) is 0 Å². The summed E-state index contributed by atoms with van der Waals surface area (Å²) in [4.78, 5) is 0. The highest BCUT2D eigenvalue weighted by Crippen LogP contribution is 2.35. The zero-order valence-corrected chi connectivity index (χ0v) is 11.1. The second-order valence-electron chi connectivity index (χ2n) is 3.07. The summed E-state index contributed by atoms with van der Waals surface area (Å²) >= 11 is 23.7. The van der Waals surface area contributed by atoms with Gasteiger partial charge in [0.2, 0.25) is 0 Å². The Morgan fingerprint density at radius 1 is 1.12 bits per heavy atom. The first-order valence-corrected chi connectivity index (χ1v) is 5.85. The lowest BCUT2D eigenvalue weighted by atomic mass is 10.3. The van der Waals surface area contributed by atoms with Gasteiger partial charge in [0.15, 0.2) is 5.15 Å². The van der Waals surface area contributed by atoms with Crippen molar-refractivity contribution in [2.45, 2.75) is 0 Å². The average Bonchev–Trinajstić information content (AvgIpc) is 2.68. The van der Waals surface area contributed by atoms with Gasteiger partial charge in [-0.15, -0.1) is 0 Å². The van der Waals surface area contributed by atoms with E-state index in [2.05, 4.69) is 5.10 Å². The van der Waals surface area contributed by atoms with Crippen LogP contribution in [0.25, 0.3) is 5.69 Å². The van der Waals surface area contributed by atoms with Crippen molar-refractivity contribution in [3.8, 4) is 11.8 Å². The molecule has 0 N–H and O–H groups in total. The van der Waals surface area contributed by atoms with E-state index in [4.69, 9.17) is 51.7 Å². The SMILES string of the molecule is N#Cc1cnn(-c2ccc(Cl)c(Cl)c2Cl)c1Cl. The summed E-state index contributed by atoms with van der Waals surface area (Å²) in [5, 5.41) is 13.7. The molecule has 0 radical (unpaired) electrons. The fourth-order valence-corrected chi connectivity index (χ4v) is 2.09. The molecule has 0 saturated heterocycles. The minimum atomic E-state index is 0.174. The van der Waals surface area contributed by atoms with E-state index in [0.717, 1.165) is 0 Å². The molecule has 2 aromatic rings. The quantitative estimate of drug-likeness (QED) is 0.735. The first-order valence-electron chi connectivity index (χ1n) is 4.33. The normalized spacial score (nSPS) is 10.3. The van der Waals surface area contributed by atoms with Gasteiger partial charge in [-0.2, -0.15) is 10.4 Å². The van der Waals surface area contributed by atoms with Crippen LogP contribution in [-0.4, -0.2) is 9.78 Å². The predicted octanol–water partition coefficient (Wildman–Crippen LogP) is 4.36. The molecule has 0 aliphatic heterocycles. The van der Waals surface area contributed by atoms with Crippen molar-refractivity contribution >= 4 is 46.4 Å². The summed E-state index contributed by atoms with van der Waals surface area (Å²) in [7, 11) is 0. The lowest BCUT2D eigenvalue weighted by Crippen LogP contribution is -1.97. The van der Waals surface area contributed by atoms with Crippen LogP contribution in [0, 0.1) is 11.3 Å². The minimum Gasteiger partial charge on any atom is -0.219 e. The van der Waals surface area contributed by atoms with Crippen molar-refractivity contribution in [1.29, 1.82) is 5.26 Å². The molecule has 0 spiro atoms. The van der Waals surface area contributed by atoms with Crippen molar-refractivity contribution < 1.29 is 0 Å². The molecule has 0 saturated carbocycles. The Bertz CT molecular complexity index is 627. The summed E-state index contributed by atoms with van der Waals surface area (Å²) in [6, 6.07) is 5.11. The molecule has 0 aliphatic rings. The number of rotatable bonds is 1. The summed E-state index contributed by atoms with van der Waals surface area (Å²) in [6.45, 7) is 0. The summed E-state index contributed by atoms with van der Waals surface area (Å²) in [5.74, 6) is 0. The first kappa shape index (κ1) is 12.5. The van der Waals surface area contributed by atoms with Gasteiger partial charge >= 0.3 is 0 Å². The third-order valence-corrected chi connectivity index (χ3v) is 3.72. The van der Waals surface area contributed by atoms with Crippen LogP contribution >= 0.6 is 46.4 Å². The van der Waals surface area contributed by atoms with E-state index in [-0.39, 0.29) is 20.8 Å². The molecule has 2 rings (SSSR count). The monoisotopic (exact) mass is 305 g/mol. The molecule has 7 heteroatoms. The molecule has 1 aromatic carbocycles. The second kappa shape index (κ2) is 4.75. The zero-order valence-electron chi connectivity index (χ0n) is 8.09. The highest BCUT2D eigenvalue weighted by Gasteiger charge is 2.15. The van der Waals surface area contributed by atoms with Crippen LogP contribution in [0.4, 0.5) is 0 Å². The molecule has 0 amide bonds. The van der Waals surface area contributed by atoms with E-state index < -0.39 is 0 Å². The first-order chi connectivity index (χ1) is 8.06. The van der Waals surface area contributed by atoms with Crippen molar-refractivity contribution in [2.75, 3.05) is 0 Å². The molecule has 0 fully saturated rings. The smallest absolute Gasteiger partial charge is 0.150 e. The highest BCUT2D eigenvalue weighted by atomic mass is 35.5. The van der Waals surface area contributed by atoms with Crippen molar-refractivity contribution in [3.05, 3.63) is 44.1 Å². The third-order valence-electron chi connectivity index (χ3n) is 2.07. The van der Waals surface area contributed by atoms with Gasteiger partial charge < -0.3 is 0 Å². The van der Waals surface area contributed by atoms with E-state index in [1.165, 1.54) is 10.9 Å². The van der Waals surface area contributed by atoms with Gasteiger partial charge in [-0.05, 0) is 12.1 Å². The fourth-order valence-electron chi connectivity index (χ4n) is 1.26. The highest BCUT2D eigenvalue weighted by molar-refractivity contribution is 6.48. The number of aromatic nitrogens is 2. The van der Waals surface area contributed by atoms with Crippen molar-refractivity contribution in [1.82, 2.24) is 9.78 Å². The standard InChI is InChI=1S/C10H3Cl4N3/c11-6-1-2-7(9(13)8(6)12)17-10(14)5(3-15)4-16-17/h1-2,4H. The van der Waals surface area contributed by atoms with E-state index in [9.17, 15) is 0 Å². The Hall–Kier alpha value is -0.920. The summed E-state index contributed by atoms with van der Waals surface area (Å²) in [6.07, 6.45) is 1.35. The minimum absolute atomic E-state index is 0.174. The maximum Gasteiger partial charge on any atom is 0.150 e. The van der Waals surface area contributed by atoms with Gasteiger partial charge in [0.05, 0.1) is 27.0 Å². The Kier molecular flexibility index (Phi) is 3.50. The molecule has 0 atom stereocenters. The molecule has 3 nitrogen and oxygen atoms in total. The molecular weight excluding hydrogens is 304 g/mol. The van der Waals surface area contributed by atoms with E-state index in [1.54, 1.807) is 12.1 Å². The van der Waals surface area contributed by atoms with Gasteiger partial charge in [0, 0.05) is 0 Å². The van der Waals surface area contributed by atoms with E-state index in [1.807, 2.05) is 6.07 Å². The van der Waals surface area contributed by atoms with Crippen molar-refractivity contribution in [3.63, 3.8) is 0 Å². The van der Waals surface area contributed by atoms with E-state index in [0.29, 0.717) is 10.7 Å². The lowest BCUT2D eigenvalue weighted by Gasteiger charge is -2.08. The topological polar surface area (TPSA) is 41.6 Å². The van der Waals surface area contributed by atoms with Crippen molar-refractivity contribution in [2.24, 2.45) is 0 Å². The van der Waals surface area contributed by atoms with Gasteiger partial charge in [0.25, 0.3) is 0 Å². The lowest BCUT2D eigenvalue weighted by molar-refractivity contribution is 0.881. The van der Waals surface area contributed by atoms with Gasteiger partial charge in [0.1, 0.15) is 11.6 Å². The van der Waals surface area contributed by atoms with Gasteiger partial charge in [-0.1, -0.05) is 46.4 Å². The van der Waals surface area contributed by atoms with Crippen LogP contribution in [0.15, 0.2) is 18.3 Å². The van der Waals surface area contributed by atoms with Crippen LogP contribution in [0.1, 0.15) is 5.56 Å². The molecule has 17 heavy (non-hydrogen) atoms. The fraction of sp³-hybridized carbons (Fsp3) is 0. The molecular formula is C10H3Cl4N3. The van der Waals surface area contributed by atoms with Crippen LogP contribution < -0.4 is 0 Å². The number of nitriles is 1. The number of halogens is 4. The Balaban J connectivity index is 2.66. The summed E-state index contributed by atoms with van der Waals surface area (Å²) < 4.78 is 1.32. The number of hydrogen-bond donors (Lipinski definition) is 0.